The van der Waals surface area contributed by atoms with Crippen molar-refractivity contribution >= 4 is 23.5 Å². The molecule has 4 rings (SSSR count). The van der Waals surface area contributed by atoms with Gasteiger partial charge in [0.15, 0.2) is 17.7 Å². The number of cyclic esters (lactones) is 1. The summed E-state index contributed by atoms with van der Waals surface area (Å²) in [5, 5.41) is 0. The van der Waals surface area contributed by atoms with Crippen LogP contribution < -0.4 is 0 Å². The molecule has 0 bridgehead atoms. The van der Waals surface area contributed by atoms with Crippen LogP contribution in [0.25, 0.3) is 0 Å². The number of ether oxygens (including phenoxy) is 2. The Kier molecular flexibility index (Phi) is 4.76. The van der Waals surface area contributed by atoms with Gasteiger partial charge in [-0.1, -0.05) is 45.9 Å². The van der Waals surface area contributed by atoms with Gasteiger partial charge >= 0.3 is 11.9 Å². The monoisotopic (exact) mass is 442 g/mol. The summed E-state index contributed by atoms with van der Waals surface area (Å²) in [5.74, 6) is -2.07. The number of Topliss-reactive ketones (excluding diaryl/α,β-unsaturated/α-hetero) is 1. The van der Waals surface area contributed by atoms with Crippen LogP contribution in [0.3, 0.4) is 0 Å². The number of esters is 2. The molecule has 1 heterocycles. The molecule has 6 heteroatoms. The van der Waals surface area contributed by atoms with Crippen LogP contribution in [0.5, 0.6) is 0 Å². The van der Waals surface area contributed by atoms with Crippen LogP contribution in [-0.4, -0.2) is 35.7 Å². The number of ketones is 2. The van der Waals surface area contributed by atoms with Crippen molar-refractivity contribution in [2.24, 2.45) is 39.4 Å². The Labute approximate surface area is 189 Å². The molecule has 4 aliphatic rings. The smallest absolute Gasteiger partial charge is 0.311 e. The Morgan fingerprint density at radius 2 is 1.75 bits per heavy atom. The van der Waals surface area contributed by atoms with Crippen LogP contribution in [0.4, 0.5) is 0 Å². The molecule has 0 aromatic heterocycles. The van der Waals surface area contributed by atoms with Gasteiger partial charge < -0.3 is 9.47 Å². The highest BCUT2D eigenvalue weighted by Gasteiger charge is 2.73. The van der Waals surface area contributed by atoms with E-state index in [1.165, 1.54) is 6.92 Å². The van der Waals surface area contributed by atoms with Crippen LogP contribution in [-0.2, 0) is 28.7 Å². The predicted molar refractivity (Wildman–Crippen MR) is 117 cm³/mol. The van der Waals surface area contributed by atoms with Crippen molar-refractivity contribution < 1.29 is 28.7 Å². The third-order valence-corrected chi connectivity index (χ3v) is 9.60. The molecule has 0 aromatic carbocycles. The van der Waals surface area contributed by atoms with E-state index >= 15 is 0 Å². The molecule has 0 spiro atoms. The first-order valence-electron chi connectivity index (χ1n) is 11.5. The fraction of sp³-hybridized carbons (Fsp3) is 0.692. The lowest BCUT2D eigenvalue weighted by Gasteiger charge is -2.68. The lowest BCUT2D eigenvalue weighted by atomic mass is 9.36. The first-order chi connectivity index (χ1) is 14.6. The summed E-state index contributed by atoms with van der Waals surface area (Å²) in [6, 6.07) is 0. The number of carbonyl (C=O) groups is 4. The van der Waals surface area contributed by atoms with E-state index in [-0.39, 0.29) is 23.4 Å². The molecule has 32 heavy (non-hydrogen) atoms. The molecule has 0 amide bonds. The number of carbonyl (C=O) groups excluding carboxylic acids is 4. The van der Waals surface area contributed by atoms with Crippen molar-refractivity contribution in [3.05, 3.63) is 24.3 Å². The maximum absolute atomic E-state index is 13.4. The van der Waals surface area contributed by atoms with Gasteiger partial charge in [-0.2, -0.15) is 0 Å². The summed E-state index contributed by atoms with van der Waals surface area (Å²) < 4.78 is 11.4. The molecule has 1 aliphatic heterocycles. The van der Waals surface area contributed by atoms with Gasteiger partial charge in [0.25, 0.3) is 0 Å². The zero-order valence-corrected chi connectivity index (χ0v) is 20.1. The highest BCUT2D eigenvalue weighted by Crippen LogP contribution is 2.71. The van der Waals surface area contributed by atoms with E-state index in [0.717, 1.165) is 0 Å². The summed E-state index contributed by atoms with van der Waals surface area (Å²) >= 11 is 0. The molecular formula is C26H34O6. The average molecular weight is 443 g/mol. The first-order valence-corrected chi connectivity index (χ1v) is 11.5. The molecule has 3 fully saturated rings. The number of hydrogen-bond donors (Lipinski definition) is 0. The number of hydrogen-bond acceptors (Lipinski definition) is 6. The zero-order chi connectivity index (χ0) is 24.0. The quantitative estimate of drug-likeness (QED) is 0.453. The lowest BCUT2D eigenvalue weighted by Crippen LogP contribution is -2.71. The second kappa shape index (κ2) is 6.64. The maximum atomic E-state index is 13.4. The Bertz CT molecular complexity index is 975. The predicted octanol–water partition coefficient (Wildman–Crippen LogP) is 3.83. The van der Waals surface area contributed by atoms with Crippen molar-refractivity contribution in [3.8, 4) is 0 Å². The topological polar surface area (TPSA) is 86.7 Å². The van der Waals surface area contributed by atoms with Crippen molar-refractivity contribution in [2.75, 3.05) is 0 Å². The van der Waals surface area contributed by atoms with E-state index < -0.39 is 51.7 Å². The van der Waals surface area contributed by atoms with Gasteiger partial charge in [0, 0.05) is 17.8 Å². The maximum Gasteiger partial charge on any atom is 0.311 e. The van der Waals surface area contributed by atoms with Gasteiger partial charge in [-0.05, 0) is 50.0 Å². The van der Waals surface area contributed by atoms with Gasteiger partial charge in [0.1, 0.15) is 6.10 Å². The van der Waals surface area contributed by atoms with Gasteiger partial charge in [-0.25, -0.2) is 0 Å². The summed E-state index contributed by atoms with van der Waals surface area (Å²) in [5.41, 5.74) is -2.33. The molecule has 0 N–H and O–H groups in total. The summed E-state index contributed by atoms with van der Waals surface area (Å²) in [6.07, 6.45) is 3.11. The average Bonchev–Trinajstić information content (AvgIpc) is 2.67. The summed E-state index contributed by atoms with van der Waals surface area (Å²) in [7, 11) is 0. The molecular weight excluding hydrogens is 408 g/mol. The van der Waals surface area contributed by atoms with E-state index in [0.29, 0.717) is 18.4 Å². The molecule has 1 saturated heterocycles. The standard InChI is InChI=1S/C26H34O6/c1-13-11-17-24(6)10-9-18(28)23(4,5)16(24)12-19(32-15(3)27)26(17,8)20-22(30)31-14(2)21(29)25(13,20)7/h9-10,14,16-17,19-20H,1,11-12H2,2-8H3. The van der Waals surface area contributed by atoms with Crippen molar-refractivity contribution in [1.29, 1.82) is 0 Å². The molecule has 0 radical (unpaired) electrons. The summed E-state index contributed by atoms with van der Waals surface area (Å²) in [6.45, 7) is 17.0. The van der Waals surface area contributed by atoms with Gasteiger partial charge in [-0.15, -0.1) is 0 Å². The zero-order valence-electron chi connectivity index (χ0n) is 20.1. The molecule has 174 valence electrons. The van der Waals surface area contributed by atoms with Gasteiger partial charge in [0.2, 0.25) is 0 Å². The molecule has 8 unspecified atom stereocenters. The van der Waals surface area contributed by atoms with Gasteiger partial charge in [-0.3, -0.25) is 19.2 Å². The van der Waals surface area contributed by atoms with Crippen LogP contribution in [0.2, 0.25) is 0 Å². The second-order valence-corrected chi connectivity index (χ2v) is 11.5. The molecule has 2 saturated carbocycles. The molecule has 3 aliphatic carbocycles. The van der Waals surface area contributed by atoms with Crippen molar-refractivity contribution in [2.45, 2.75) is 73.5 Å². The van der Waals surface area contributed by atoms with E-state index in [4.69, 9.17) is 9.47 Å². The van der Waals surface area contributed by atoms with Crippen LogP contribution in [0.15, 0.2) is 24.3 Å². The SMILES string of the molecule is C=C1CC2C3(C)C=CC(=O)C(C)(C)C3CC(OC(C)=O)C2(C)C2C(=O)OC(C)C(=O)C12C. The fourth-order valence-electron chi connectivity index (χ4n) is 7.82. The molecule has 0 aromatic rings. The number of rotatable bonds is 1. The van der Waals surface area contributed by atoms with Crippen molar-refractivity contribution in [1.82, 2.24) is 0 Å². The Morgan fingerprint density at radius 3 is 2.34 bits per heavy atom. The third kappa shape index (κ3) is 2.58. The fourth-order valence-corrected chi connectivity index (χ4v) is 7.82. The minimum absolute atomic E-state index is 0.0470. The van der Waals surface area contributed by atoms with Crippen LogP contribution >= 0.6 is 0 Å². The minimum Gasteiger partial charge on any atom is -0.462 e. The highest BCUT2D eigenvalue weighted by atomic mass is 16.6. The number of allylic oxidation sites excluding steroid dienone is 3. The largest absolute Gasteiger partial charge is 0.462 e. The highest BCUT2D eigenvalue weighted by molar-refractivity contribution is 6.00. The van der Waals surface area contributed by atoms with Gasteiger partial charge in [0.05, 0.1) is 11.3 Å². The Morgan fingerprint density at radius 1 is 1.12 bits per heavy atom. The Balaban J connectivity index is 1.97. The van der Waals surface area contributed by atoms with Crippen LogP contribution in [0, 0.1) is 39.4 Å². The normalized spacial score (nSPS) is 47.2. The minimum atomic E-state index is -1.09. The van der Waals surface area contributed by atoms with E-state index in [1.54, 1.807) is 19.9 Å². The molecule has 6 nitrogen and oxygen atoms in total. The van der Waals surface area contributed by atoms with Crippen molar-refractivity contribution in [3.63, 3.8) is 0 Å². The molecule has 8 atom stereocenters. The van der Waals surface area contributed by atoms with E-state index in [9.17, 15) is 19.2 Å². The summed E-state index contributed by atoms with van der Waals surface area (Å²) in [4.78, 5) is 51.8. The Hall–Kier alpha value is -2.24. The lowest BCUT2D eigenvalue weighted by molar-refractivity contribution is -0.232. The van der Waals surface area contributed by atoms with Crippen LogP contribution in [0.1, 0.15) is 61.3 Å². The number of fused-ring (bicyclic) bond motifs is 5. The van der Waals surface area contributed by atoms with E-state index in [2.05, 4.69) is 13.5 Å². The van der Waals surface area contributed by atoms with E-state index in [1.807, 2.05) is 26.8 Å². The second-order valence-electron chi connectivity index (χ2n) is 11.5. The third-order valence-electron chi connectivity index (χ3n) is 9.60. The first kappa shape index (κ1) is 22.9.